The molecule has 2 saturated heterocycles. The van der Waals surface area contributed by atoms with Gasteiger partial charge in [0, 0.05) is 32.2 Å². The fourth-order valence-electron chi connectivity index (χ4n) is 3.08. The van der Waals surface area contributed by atoms with E-state index < -0.39 is 0 Å². The molecule has 0 aromatic rings. The number of hydrogen-bond acceptors (Lipinski definition) is 2. The van der Waals surface area contributed by atoms with Crippen LogP contribution in [0.4, 0.5) is 0 Å². The minimum atomic E-state index is -0.0142. The van der Waals surface area contributed by atoms with E-state index in [2.05, 4.69) is 18.7 Å². The summed E-state index contributed by atoms with van der Waals surface area (Å²) in [5.74, 6) is 0.365. The summed E-state index contributed by atoms with van der Waals surface area (Å²) >= 11 is 0. The van der Waals surface area contributed by atoms with Gasteiger partial charge in [0.15, 0.2) is 0 Å². The van der Waals surface area contributed by atoms with Gasteiger partial charge in [-0.2, -0.15) is 0 Å². The van der Waals surface area contributed by atoms with E-state index in [1.54, 1.807) is 0 Å². The highest BCUT2D eigenvalue weighted by Crippen LogP contribution is 2.53. The normalized spacial score (nSPS) is 30.6. The van der Waals surface area contributed by atoms with Crippen molar-refractivity contribution in [3.05, 3.63) is 0 Å². The van der Waals surface area contributed by atoms with Crippen molar-refractivity contribution in [3.8, 4) is 0 Å². The summed E-state index contributed by atoms with van der Waals surface area (Å²) in [5, 5.41) is 0. The van der Waals surface area contributed by atoms with Gasteiger partial charge in [0.1, 0.15) is 0 Å². The molecule has 3 nitrogen and oxygen atoms in total. The topological polar surface area (TPSA) is 23.6 Å². The van der Waals surface area contributed by atoms with Crippen molar-refractivity contribution in [2.75, 3.05) is 20.1 Å². The first kappa shape index (κ1) is 14.5. The molecule has 0 radical (unpaired) electrons. The zero-order chi connectivity index (χ0) is 13.2. The fourth-order valence-corrected chi connectivity index (χ4v) is 3.08. The average molecular weight is 240 g/mol. The van der Waals surface area contributed by atoms with E-state index in [0.29, 0.717) is 18.0 Å². The molecule has 17 heavy (non-hydrogen) atoms. The maximum atomic E-state index is 12.2. The Labute approximate surface area is 106 Å². The first-order chi connectivity index (χ1) is 8.00. The van der Waals surface area contributed by atoms with Gasteiger partial charge in [-0.25, -0.2) is 0 Å². The second-order valence-corrected chi connectivity index (χ2v) is 5.43. The fraction of sp³-hybridized carbons (Fsp3) is 0.929. The lowest BCUT2D eigenvalue weighted by Gasteiger charge is -2.38. The lowest BCUT2D eigenvalue weighted by molar-refractivity contribution is -0.142. The molecule has 2 bridgehead atoms. The Morgan fingerprint density at radius 3 is 2.29 bits per heavy atom. The van der Waals surface area contributed by atoms with Gasteiger partial charge in [-0.1, -0.05) is 13.8 Å². The maximum Gasteiger partial charge on any atom is 0.229 e. The van der Waals surface area contributed by atoms with E-state index in [9.17, 15) is 4.79 Å². The second kappa shape index (κ2) is 5.38. The molecule has 3 aliphatic rings. The molecule has 3 heteroatoms. The molecule has 0 N–H and O–H groups in total. The van der Waals surface area contributed by atoms with Gasteiger partial charge in [0.05, 0.1) is 5.41 Å². The summed E-state index contributed by atoms with van der Waals surface area (Å²) in [6.45, 7) is 12.3. The summed E-state index contributed by atoms with van der Waals surface area (Å²) in [7, 11) is 1.92. The third-order valence-electron chi connectivity index (χ3n) is 4.14. The molecule has 1 amide bonds. The molecule has 100 valence electrons. The van der Waals surface area contributed by atoms with E-state index in [0.717, 1.165) is 25.9 Å². The third-order valence-corrected chi connectivity index (χ3v) is 4.14. The first-order valence-corrected chi connectivity index (χ1v) is 7.01. The lowest BCUT2D eigenvalue weighted by Crippen LogP contribution is -2.47. The van der Waals surface area contributed by atoms with Crippen LogP contribution in [0.2, 0.25) is 0 Å². The number of carbonyl (C=O) groups is 1. The number of nitrogens with zero attached hydrogens (tertiary/aromatic N) is 2. The maximum absolute atomic E-state index is 12.2. The molecule has 3 rings (SSSR count). The second-order valence-electron chi connectivity index (χ2n) is 5.43. The monoisotopic (exact) mass is 240 g/mol. The van der Waals surface area contributed by atoms with Gasteiger partial charge in [0.25, 0.3) is 0 Å². The predicted octanol–water partition coefficient (Wildman–Crippen LogP) is 2.36. The van der Waals surface area contributed by atoms with Crippen molar-refractivity contribution < 1.29 is 4.79 Å². The van der Waals surface area contributed by atoms with E-state index >= 15 is 0 Å². The van der Waals surface area contributed by atoms with Crippen molar-refractivity contribution in [1.82, 2.24) is 9.80 Å². The van der Waals surface area contributed by atoms with Gasteiger partial charge in [-0.15, -0.1) is 0 Å². The molecule has 0 spiro atoms. The predicted molar refractivity (Wildman–Crippen MR) is 72.0 cm³/mol. The van der Waals surface area contributed by atoms with E-state index in [1.807, 2.05) is 32.7 Å². The number of amides is 1. The van der Waals surface area contributed by atoms with Gasteiger partial charge >= 0.3 is 0 Å². The van der Waals surface area contributed by atoms with Crippen molar-refractivity contribution in [3.63, 3.8) is 0 Å². The van der Waals surface area contributed by atoms with E-state index in [-0.39, 0.29) is 5.41 Å². The molecule has 2 aliphatic heterocycles. The minimum absolute atomic E-state index is 0.0142. The molecule has 2 heterocycles. The lowest BCUT2D eigenvalue weighted by atomic mass is 9.69. The highest BCUT2D eigenvalue weighted by atomic mass is 16.2. The molecular weight excluding hydrogens is 212 g/mol. The van der Waals surface area contributed by atoms with Crippen molar-refractivity contribution in [2.45, 2.75) is 59.5 Å². The quantitative estimate of drug-likeness (QED) is 0.756. The Morgan fingerprint density at radius 2 is 1.94 bits per heavy atom. The smallest absolute Gasteiger partial charge is 0.229 e. The van der Waals surface area contributed by atoms with Crippen LogP contribution in [-0.2, 0) is 4.79 Å². The van der Waals surface area contributed by atoms with E-state index in [4.69, 9.17) is 0 Å². The molecule has 0 aromatic heterocycles. The van der Waals surface area contributed by atoms with Crippen LogP contribution in [0.15, 0.2) is 0 Å². The SMILES string of the molecule is CC.CCN(C)C(=O)C12CC(C1)N(C(C)C)C2. The highest BCUT2D eigenvalue weighted by Gasteiger charge is 2.60. The van der Waals surface area contributed by atoms with Crippen LogP contribution >= 0.6 is 0 Å². The van der Waals surface area contributed by atoms with Crippen molar-refractivity contribution >= 4 is 5.91 Å². The Kier molecular flexibility index (Phi) is 4.59. The number of hydrogen-bond donors (Lipinski definition) is 0. The molecular formula is C14H28N2O. The van der Waals surface area contributed by atoms with Crippen molar-refractivity contribution in [2.24, 2.45) is 5.41 Å². The molecule has 0 aromatic carbocycles. The Balaban J connectivity index is 0.000000686. The minimum Gasteiger partial charge on any atom is -0.346 e. The zero-order valence-electron chi connectivity index (χ0n) is 12.3. The zero-order valence-corrected chi connectivity index (χ0v) is 12.3. The van der Waals surface area contributed by atoms with Gasteiger partial charge in [0.2, 0.25) is 5.91 Å². The van der Waals surface area contributed by atoms with Gasteiger partial charge in [-0.05, 0) is 33.6 Å². The number of rotatable bonds is 3. The van der Waals surface area contributed by atoms with Crippen LogP contribution in [0.1, 0.15) is 47.5 Å². The van der Waals surface area contributed by atoms with Gasteiger partial charge < -0.3 is 4.90 Å². The molecule has 0 unspecified atom stereocenters. The molecule has 1 saturated carbocycles. The Morgan fingerprint density at radius 1 is 1.41 bits per heavy atom. The number of carbonyl (C=O) groups excluding carboxylic acids is 1. The molecule has 0 atom stereocenters. The standard InChI is InChI=1S/C12H22N2O.C2H6/c1-5-13(4)11(15)12-6-10(7-12)14(8-12)9(2)3;1-2/h9-10H,5-8H2,1-4H3;1-2H3. The summed E-state index contributed by atoms with van der Waals surface area (Å²) < 4.78 is 0. The van der Waals surface area contributed by atoms with Gasteiger partial charge in [-0.3, -0.25) is 9.69 Å². The van der Waals surface area contributed by atoms with Crippen LogP contribution in [0, 0.1) is 5.41 Å². The Bertz CT molecular complexity index is 269. The first-order valence-electron chi connectivity index (χ1n) is 7.01. The highest BCUT2D eigenvalue weighted by molar-refractivity contribution is 5.84. The van der Waals surface area contributed by atoms with Crippen LogP contribution in [0.3, 0.4) is 0 Å². The summed E-state index contributed by atoms with van der Waals surface area (Å²) in [6.07, 6.45) is 2.18. The Hall–Kier alpha value is -0.570. The summed E-state index contributed by atoms with van der Waals surface area (Å²) in [6, 6.07) is 1.26. The average Bonchev–Trinajstić information content (AvgIpc) is 2.85. The third kappa shape index (κ3) is 2.35. The van der Waals surface area contributed by atoms with Crippen LogP contribution < -0.4 is 0 Å². The number of fused-ring (bicyclic) bond motifs is 1. The van der Waals surface area contributed by atoms with Crippen molar-refractivity contribution in [1.29, 1.82) is 0 Å². The molecule has 1 aliphatic carbocycles. The molecule has 3 fully saturated rings. The van der Waals surface area contributed by atoms with Crippen LogP contribution in [-0.4, -0.2) is 47.9 Å². The van der Waals surface area contributed by atoms with E-state index in [1.165, 1.54) is 0 Å². The summed E-state index contributed by atoms with van der Waals surface area (Å²) in [4.78, 5) is 16.6. The van der Waals surface area contributed by atoms with Crippen LogP contribution in [0.25, 0.3) is 0 Å². The largest absolute Gasteiger partial charge is 0.346 e. The van der Waals surface area contributed by atoms with Crippen LogP contribution in [0.5, 0.6) is 0 Å². The summed E-state index contributed by atoms with van der Waals surface area (Å²) in [5.41, 5.74) is -0.0142.